The van der Waals surface area contributed by atoms with Gasteiger partial charge in [0.15, 0.2) is 6.61 Å². The largest absolute Gasteiger partial charge is 0.483 e. The average Bonchev–Trinajstić information content (AvgIpc) is 3.18. The molecule has 162 valence electrons. The van der Waals surface area contributed by atoms with Gasteiger partial charge in [0.25, 0.3) is 11.8 Å². The number of benzene rings is 2. The fourth-order valence-corrected chi connectivity index (χ4v) is 3.22. The minimum Gasteiger partial charge on any atom is -0.483 e. The van der Waals surface area contributed by atoms with Crippen molar-refractivity contribution >= 4 is 11.8 Å². The van der Waals surface area contributed by atoms with Gasteiger partial charge in [-0.2, -0.15) is 5.10 Å². The van der Waals surface area contributed by atoms with E-state index in [9.17, 15) is 9.59 Å². The van der Waals surface area contributed by atoms with Gasteiger partial charge in [-0.15, -0.1) is 0 Å². The lowest BCUT2D eigenvalue weighted by Crippen LogP contribution is -2.44. The summed E-state index contributed by atoms with van der Waals surface area (Å²) in [7, 11) is 0. The molecule has 7 nitrogen and oxygen atoms in total. The van der Waals surface area contributed by atoms with Gasteiger partial charge in [0.1, 0.15) is 5.75 Å². The molecule has 2 N–H and O–H groups in total. The van der Waals surface area contributed by atoms with E-state index in [0.717, 1.165) is 28.1 Å². The van der Waals surface area contributed by atoms with Gasteiger partial charge in [-0.3, -0.25) is 20.4 Å². The van der Waals surface area contributed by atoms with Crippen LogP contribution in [-0.2, 0) is 4.79 Å². The Morgan fingerprint density at radius 1 is 1.00 bits per heavy atom. The number of carbonyl (C=O) groups is 2. The van der Waals surface area contributed by atoms with Gasteiger partial charge < -0.3 is 4.74 Å². The minimum atomic E-state index is -0.453. The highest BCUT2D eigenvalue weighted by Gasteiger charge is 2.21. The molecule has 0 radical (unpaired) electrons. The molecule has 1 heterocycles. The lowest BCUT2D eigenvalue weighted by atomic mass is 10.1. The Kier molecular flexibility index (Phi) is 6.74. The fourth-order valence-electron chi connectivity index (χ4n) is 3.22. The molecule has 1 aromatic heterocycles. The summed E-state index contributed by atoms with van der Waals surface area (Å²) in [5.41, 5.74) is 10.0. The van der Waals surface area contributed by atoms with Gasteiger partial charge in [0.2, 0.25) is 0 Å². The van der Waals surface area contributed by atoms with E-state index >= 15 is 0 Å². The lowest BCUT2D eigenvalue weighted by molar-refractivity contribution is -0.123. The molecule has 0 spiro atoms. The first-order chi connectivity index (χ1) is 14.8. The number of nitrogens with zero attached hydrogens (tertiary/aromatic N) is 2. The van der Waals surface area contributed by atoms with Gasteiger partial charge in [-0.05, 0) is 56.0 Å². The second kappa shape index (κ2) is 9.47. The first-order valence-electron chi connectivity index (χ1n) is 10.2. The molecular formula is C24H28N4O3. The number of ether oxygens (including phenoxy) is 1. The van der Waals surface area contributed by atoms with Crippen molar-refractivity contribution in [3.63, 3.8) is 0 Å². The van der Waals surface area contributed by atoms with Crippen LogP contribution in [0.4, 0.5) is 0 Å². The maximum atomic E-state index is 12.7. The van der Waals surface area contributed by atoms with Gasteiger partial charge in [-0.25, -0.2) is 4.68 Å². The molecule has 3 aromatic rings. The summed E-state index contributed by atoms with van der Waals surface area (Å²) >= 11 is 0. The molecule has 0 atom stereocenters. The highest BCUT2D eigenvalue weighted by molar-refractivity contribution is 5.96. The number of carbonyl (C=O) groups excluding carboxylic acids is 2. The molecule has 0 saturated carbocycles. The summed E-state index contributed by atoms with van der Waals surface area (Å²) in [4.78, 5) is 24.9. The Hall–Kier alpha value is -3.61. The third-order valence-corrected chi connectivity index (χ3v) is 4.89. The second-order valence-corrected chi connectivity index (χ2v) is 7.91. The quantitative estimate of drug-likeness (QED) is 0.595. The molecule has 2 amide bonds. The summed E-state index contributed by atoms with van der Waals surface area (Å²) in [6.07, 6.45) is 1.52. The first-order valence-corrected chi connectivity index (χ1v) is 10.2. The highest BCUT2D eigenvalue weighted by atomic mass is 16.5. The summed E-state index contributed by atoms with van der Waals surface area (Å²) in [5, 5.41) is 4.40. The van der Waals surface area contributed by atoms with Gasteiger partial charge >= 0.3 is 0 Å². The zero-order valence-electron chi connectivity index (χ0n) is 18.5. The Morgan fingerprint density at radius 3 is 2.35 bits per heavy atom. The van der Waals surface area contributed by atoms with E-state index in [-0.39, 0.29) is 12.5 Å². The standard InChI is InChI=1S/C24H28N4O3/c1-15(2)23-20(13-25-28(23)19-10-7-16(3)8-11-19)24(30)27-26-22(29)14-31-21-12-17(4)6-9-18(21)5/h6-13,15H,14H2,1-5H3,(H,26,29)(H,27,30). The number of aryl methyl sites for hydroxylation is 3. The number of rotatable bonds is 6. The number of hydrazine groups is 1. The predicted octanol–water partition coefficient (Wildman–Crippen LogP) is 3.76. The minimum absolute atomic E-state index is 0.0490. The SMILES string of the molecule is Cc1ccc(-n2ncc(C(=O)NNC(=O)COc3cc(C)ccc3C)c2C(C)C)cc1. The fraction of sp³-hybridized carbons (Fsp3) is 0.292. The van der Waals surface area contributed by atoms with E-state index in [1.165, 1.54) is 6.20 Å². The van der Waals surface area contributed by atoms with Crippen LogP contribution < -0.4 is 15.6 Å². The van der Waals surface area contributed by atoms with E-state index in [1.54, 1.807) is 4.68 Å². The van der Waals surface area contributed by atoms with Crippen LogP contribution in [0.1, 0.15) is 52.5 Å². The molecule has 7 heteroatoms. The summed E-state index contributed by atoms with van der Waals surface area (Å²) in [5.74, 6) is -0.191. The van der Waals surface area contributed by atoms with E-state index < -0.39 is 11.8 Å². The monoisotopic (exact) mass is 420 g/mol. The first kappa shape index (κ1) is 22.1. The number of aromatic nitrogens is 2. The summed E-state index contributed by atoms with van der Waals surface area (Å²) in [6, 6.07) is 13.7. The van der Waals surface area contributed by atoms with Gasteiger partial charge in [0.05, 0.1) is 23.1 Å². The van der Waals surface area contributed by atoms with E-state index in [0.29, 0.717) is 11.3 Å². The third-order valence-electron chi connectivity index (χ3n) is 4.89. The molecular weight excluding hydrogens is 392 g/mol. The molecule has 0 saturated heterocycles. The van der Waals surface area contributed by atoms with Crippen LogP contribution in [0.3, 0.4) is 0 Å². The van der Waals surface area contributed by atoms with E-state index in [4.69, 9.17) is 4.74 Å². The van der Waals surface area contributed by atoms with Crippen molar-refractivity contribution in [3.05, 3.63) is 76.6 Å². The van der Waals surface area contributed by atoms with Crippen LogP contribution in [0.5, 0.6) is 5.75 Å². The van der Waals surface area contributed by atoms with Crippen LogP contribution >= 0.6 is 0 Å². The molecule has 0 aliphatic rings. The zero-order valence-corrected chi connectivity index (χ0v) is 18.5. The van der Waals surface area contributed by atoms with Crippen LogP contribution in [0.2, 0.25) is 0 Å². The number of nitrogens with one attached hydrogen (secondary N) is 2. The maximum Gasteiger partial charge on any atom is 0.276 e. The molecule has 0 bridgehead atoms. The zero-order chi connectivity index (χ0) is 22.5. The smallest absolute Gasteiger partial charge is 0.276 e. The topological polar surface area (TPSA) is 85.3 Å². The highest BCUT2D eigenvalue weighted by Crippen LogP contribution is 2.23. The van der Waals surface area contributed by atoms with Crippen LogP contribution in [0.15, 0.2) is 48.7 Å². The van der Waals surface area contributed by atoms with E-state index in [2.05, 4.69) is 16.0 Å². The molecule has 31 heavy (non-hydrogen) atoms. The van der Waals surface area contributed by atoms with E-state index in [1.807, 2.05) is 77.1 Å². The Labute approximate surface area is 182 Å². The van der Waals surface area contributed by atoms with Crippen molar-refractivity contribution in [2.45, 2.75) is 40.5 Å². The third kappa shape index (κ3) is 5.31. The molecule has 0 aliphatic carbocycles. The van der Waals surface area contributed by atoms with Crippen LogP contribution in [-0.4, -0.2) is 28.2 Å². The molecule has 0 fully saturated rings. The molecule has 3 rings (SSSR count). The lowest BCUT2D eigenvalue weighted by Gasteiger charge is -2.14. The maximum absolute atomic E-state index is 12.7. The number of hydrogen-bond donors (Lipinski definition) is 2. The second-order valence-electron chi connectivity index (χ2n) is 7.91. The predicted molar refractivity (Wildman–Crippen MR) is 119 cm³/mol. The van der Waals surface area contributed by atoms with Crippen LogP contribution in [0, 0.1) is 20.8 Å². The van der Waals surface area contributed by atoms with Gasteiger partial charge in [-0.1, -0.05) is 43.7 Å². The normalized spacial score (nSPS) is 10.8. The van der Waals surface area contributed by atoms with Crippen molar-refractivity contribution in [3.8, 4) is 11.4 Å². The van der Waals surface area contributed by atoms with Gasteiger partial charge in [0, 0.05) is 0 Å². The van der Waals surface area contributed by atoms with Crippen molar-refractivity contribution in [1.82, 2.24) is 20.6 Å². The Morgan fingerprint density at radius 2 is 1.68 bits per heavy atom. The summed E-state index contributed by atoms with van der Waals surface area (Å²) in [6.45, 7) is 9.67. The molecule has 2 aromatic carbocycles. The Bertz CT molecular complexity index is 1080. The number of amides is 2. The van der Waals surface area contributed by atoms with Crippen molar-refractivity contribution < 1.29 is 14.3 Å². The molecule has 0 aliphatic heterocycles. The summed E-state index contributed by atoms with van der Waals surface area (Å²) < 4.78 is 7.33. The molecule has 0 unspecified atom stereocenters. The Balaban J connectivity index is 1.65. The van der Waals surface area contributed by atoms with Crippen molar-refractivity contribution in [2.75, 3.05) is 6.61 Å². The number of hydrogen-bond acceptors (Lipinski definition) is 4. The van der Waals surface area contributed by atoms with Crippen molar-refractivity contribution in [2.24, 2.45) is 0 Å². The average molecular weight is 421 g/mol. The van der Waals surface area contributed by atoms with Crippen molar-refractivity contribution in [1.29, 1.82) is 0 Å². The van der Waals surface area contributed by atoms with Crippen LogP contribution in [0.25, 0.3) is 5.69 Å².